The predicted octanol–water partition coefficient (Wildman–Crippen LogP) is 4.83. The van der Waals surface area contributed by atoms with Crippen molar-refractivity contribution in [2.75, 3.05) is 24.5 Å². The normalized spacial score (nSPS) is 21.8. The number of rotatable bonds is 9. The molecule has 9 heteroatoms. The third-order valence-corrected chi connectivity index (χ3v) is 7.77. The minimum atomic E-state index is -0.283. The first-order valence-electron chi connectivity index (χ1n) is 12.6. The van der Waals surface area contributed by atoms with Crippen molar-refractivity contribution in [1.82, 2.24) is 9.47 Å². The number of thiocarbonyl (C=S) groups is 1. The monoisotopic (exact) mass is 516 g/mol. The largest absolute Gasteiger partial charge is 0.372 e. The fourth-order valence-corrected chi connectivity index (χ4v) is 6.08. The van der Waals surface area contributed by atoms with Crippen LogP contribution in [0.5, 0.6) is 0 Å². The van der Waals surface area contributed by atoms with Gasteiger partial charge in [0.1, 0.15) is 21.8 Å². The molecule has 1 amide bonds. The van der Waals surface area contributed by atoms with E-state index in [0.29, 0.717) is 41.0 Å². The number of carbonyl (C=O) groups is 1. The van der Waals surface area contributed by atoms with Gasteiger partial charge in [0, 0.05) is 31.7 Å². The lowest BCUT2D eigenvalue weighted by molar-refractivity contribution is -0.122. The number of thioether (sulfide) groups is 1. The second-order valence-corrected chi connectivity index (χ2v) is 11.0. The van der Waals surface area contributed by atoms with Crippen molar-refractivity contribution in [2.24, 2.45) is 0 Å². The molecule has 1 aromatic heterocycles. The highest BCUT2D eigenvalue weighted by Crippen LogP contribution is 2.36. The van der Waals surface area contributed by atoms with E-state index in [1.54, 1.807) is 16.4 Å². The molecule has 2 atom stereocenters. The minimum absolute atomic E-state index is 0.00550. The number of nitrogens with zero attached hydrogens (tertiary/aromatic N) is 4. The molecular formula is C26H36N4O3S2. The number of ether oxygens (including phenoxy) is 1. The van der Waals surface area contributed by atoms with E-state index in [0.717, 1.165) is 43.5 Å². The number of hydrogen-bond acceptors (Lipinski definition) is 7. The van der Waals surface area contributed by atoms with Crippen molar-refractivity contribution in [3.63, 3.8) is 0 Å². The van der Waals surface area contributed by atoms with Crippen LogP contribution >= 0.6 is 24.0 Å². The second-order valence-electron chi connectivity index (χ2n) is 9.36. The maximum atomic E-state index is 13.3. The first-order chi connectivity index (χ1) is 16.7. The number of amides is 1. The number of anilines is 1. The van der Waals surface area contributed by atoms with Crippen molar-refractivity contribution >= 4 is 46.1 Å². The fraction of sp³-hybridized carbons (Fsp3) is 0.615. The molecule has 0 aromatic carbocycles. The molecule has 190 valence electrons. The van der Waals surface area contributed by atoms with E-state index in [1.165, 1.54) is 11.8 Å². The van der Waals surface area contributed by atoms with Gasteiger partial charge in [0.05, 0.1) is 17.1 Å². The molecular weight excluding hydrogens is 480 g/mol. The molecule has 0 N–H and O–H groups in total. The molecule has 1 aromatic rings. The van der Waals surface area contributed by atoms with E-state index in [9.17, 15) is 14.9 Å². The number of hydrogen-bond donors (Lipinski definition) is 0. The van der Waals surface area contributed by atoms with E-state index in [1.807, 2.05) is 26.8 Å². The van der Waals surface area contributed by atoms with Gasteiger partial charge in [-0.3, -0.25) is 19.1 Å². The molecule has 2 unspecified atom stereocenters. The second kappa shape index (κ2) is 12.2. The third-order valence-electron chi connectivity index (χ3n) is 6.40. The maximum Gasteiger partial charge on any atom is 0.270 e. The summed E-state index contributed by atoms with van der Waals surface area (Å²) < 4.78 is 8.20. The fourth-order valence-electron chi connectivity index (χ4n) is 4.79. The standard InChI is InChI=1S/C26H36N4O3S2/c1-6-8-9-10-12-30-25(32)22(35-26(30)34)13-20-19(5)21(14-27)24(31)29(11-7-2)23(20)28-15-17(3)33-18(4)16-28/h13,17-18H,6-12,15-16H2,1-5H3/b22-13+. The zero-order chi connectivity index (χ0) is 25.7. The Hall–Kier alpha value is -2.15. The van der Waals surface area contributed by atoms with Gasteiger partial charge in [-0.1, -0.05) is 57.1 Å². The van der Waals surface area contributed by atoms with Gasteiger partial charge in [-0.25, -0.2) is 0 Å². The Labute approximate surface area is 218 Å². The number of pyridine rings is 1. The molecule has 0 spiro atoms. The molecule has 2 fully saturated rings. The summed E-state index contributed by atoms with van der Waals surface area (Å²) in [6.07, 6.45) is 6.83. The number of aromatic nitrogens is 1. The van der Waals surface area contributed by atoms with Crippen LogP contribution in [0.2, 0.25) is 0 Å². The molecule has 0 bridgehead atoms. The lowest BCUT2D eigenvalue weighted by Gasteiger charge is -2.39. The van der Waals surface area contributed by atoms with Crippen LogP contribution in [0.4, 0.5) is 5.82 Å². The highest BCUT2D eigenvalue weighted by Gasteiger charge is 2.34. The molecule has 0 aliphatic carbocycles. The highest BCUT2D eigenvalue weighted by molar-refractivity contribution is 8.26. The van der Waals surface area contributed by atoms with E-state index < -0.39 is 0 Å². The van der Waals surface area contributed by atoms with Crippen LogP contribution < -0.4 is 10.5 Å². The van der Waals surface area contributed by atoms with Crippen molar-refractivity contribution < 1.29 is 9.53 Å². The van der Waals surface area contributed by atoms with Gasteiger partial charge < -0.3 is 9.64 Å². The van der Waals surface area contributed by atoms with Gasteiger partial charge in [-0.15, -0.1) is 0 Å². The quantitative estimate of drug-likeness (QED) is 0.264. The Bertz CT molecular complexity index is 1100. The molecule has 7 nitrogen and oxygen atoms in total. The first-order valence-corrected chi connectivity index (χ1v) is 13.8. The molecule has 3 rings (SSSR count). The molecule has 0 radical (unpaired) electrons. The summed E-state index contributed by atoms with van der Waals surface area (Å²) in [6, 6.07) is 2.11. The van der Waals surface area contributed by atoms with Gasteiger partial charge in [0.15, 0.2) is 0 Å². The molecule has 35 heavy (non-hydrogen) atoms. The predicted molar refractivity (Wildman–Crippen MR) is 147 cm³/mol. The van der Waals surface area contributed by atoms with Gasteiger partial charge >= 0.3 is 0 Å². The van der Waals surface area contributed by atoms with E-state index in [-0.39, 0.29) is 29.2 Å². The van der Waals surface area contributed by atoms with Crippen LogP contribution in [-0.2, 0) is 16.1 Å². The van der Waals surface area contributed by atoms with Crippen LogP contribution in [-0.4, -0.2) is 51.5 Å². The maximum absolute atomic E-state index is 13.3. The van der Waals surface area contributed by atoms with Crippen molar-refractivity contribution in [3.8, 4) is 6.07 Å². The van der Waals surface area contributed by atoms with Crippen molar-refractivity contribution in [3.05, 3.63) is 31.9 Å². The van der Waals surface area contributed by atoms with Gasteiger partial charge in [-0.05, 0) is 45.3 Å². The summed E-state index contributed by atoms with van der Waals surface area (Å²) in [5.74, 6) is 0.654. The Morgan fingerprint density at radius 1 is 1.11 bits per heavy atom. The van der Waals surface area contributed by atoms with Gasteiger partial charge in [-0.2, -0.15) is 5.26 Å². The van der Waals surface area contributed by atoms with Crippen molar-refractivity contribution in [2.45, 2.75) is 85.5 Å². The number of morpholine rings is 1. The molecule has 2 aliphatic heterocycles. The van der Waals surface area contributed by atoms with E-state index >= 15 is 0 Å². The van der Waals surface area contributed by atoms with Crippen LogP contribution in [0.1, 0.15) is 76.5 Å². The lowest BCUT2D eigenvalue weighted by atomic mass is 10.0. The lowest BCUT2D eigenvalue weighted by Crippen LogP contribution is -2.48. The smallest absolute Gasteiger partial charge is 0.270 e. The summed E-state index contributed by atoms with van der Waals surface area (Å²) in [7, 11) is 0. The molecule has 0 saturated carbocycles. The average molecular weight is 517 g/mol. The van der Waals surface area contributed by atoms with E-state index in [4.69, 9.17) is 17.0 Å². The highest BCUT2D eigenvalue weighted by atomic mass is 32.2. The van der Waals surface area contributed by atoms with Gasteiger partial charge in [0.2, 0.25) is 0 Å². The summed E-state index contributed by atoms with van der Waals surface area (Å²) >= 11 is 6.84. The number of carbonyl (C=O) groups excluding carboxylic acids is 1. The van der Waals surface area contributed by atoms with Gasteiger partial charge in [0.25, 0.3) is 11.5 Å². The summed E-state index contributed by atoms with van der Waals surface area (Å²) in [5, 5.41) is 9.82. The third kappa shape index (κ3) is 5.99. The number of nitriles is 1. The first kappa shape index (κ1) is 27.4. The average Bonchev–Trinajstić information content (AvgIpc) is 3.06. The summed E-state index contributed by atoms with van der Waals surface area (Å²) in [5.41, 5.74) is 1.18. The summed E-state index contributed by atoms with van der Waals surface area (Å²) in [4.78, 5) is 31.0. The Morgan fingerprint density at radius 3 is 2.40 bits per heavy atom. The Balaban J connectivity index is 2.12. The molecule has 2 saturated heterocycles. The SMILES string of the molecule is CCCCCCN1C(=O)/C(=C\c2c(C)c(C#N)c(=O)n(CCC)c2N2CC(C)OC(C)C2)SC1=S. The Kier molecular flexibility index (Phi) is 9.56. The topological polar surface area (TPSA) is 78.6 Å². The van der Waals surface area contributed by atoms with Crippen molar-refractivity contribution in [1.29, 1.82) is 5.26 Å². The van der Waals surface area contributed by atoms with Crippen LogP contribution in [0.25, 0.3) is 6.08 Å². The molecule has 3 heterocycles. The minimum Gasteiger partial charge on any atom is -0.372 e. The zero-order valence-electron chi connectivity index (χ0n) is 21.4. The van der Waals surface area contributed by atoms with Crippen LogP contribution in [0.15, 0.2) is 9.70 Å². The summed E-state index contributed by atoms with van der Waals surface area (Å²) in [6.45, 7) is 12.4. The number of unbranched alkanes of at least 4 members (excludes halogenated alkanes) is 3. The van der Waals surface area contributed by atoms with Crippen LogP contribution in [0, 0.1) is 18.3 Å². The zero-order valence-corrected chi connectivity index (χ0v) is 23.1. The molecule has 2 aliphatic rings. The Morgan fingerprint density at radius 2 is 1.80 bits per heavy atom. The van der Waals surface area contributed by atoms with Crippen LogP contribution in [0.3, 0.4) is 0 Å². The van der Waals surface area contributed by atoms with E-state index in [2.05, 4.69) is 17.9 Å².